The summed E-state index contributed by atoms with van der Waals surface area (Å²) in [5.41, 5.74) is 0.534. The van der Waals surface area contributed by atoms with Crippen LogP contribution in [0.1, 0.15) is 54.7 Å². The van der Waals surface area contributed by atoms with E-state index >= 15 is 0 Å². The number of piperidine rings is 1. The molecular formula is C14H22N4OS. The van der Waals surface area contributed by atoms with E-state index in [9.17, 15) is 4.79 Å². The number of amides is 1. The molecule has 1 aliphatic heterocycles. The Hall–Kier alpha value is -1.17. The molecule has 0 atom stereocenters. The third kappa shape index (κ3) is 2.66. The van der Waals surface area contributed by atoms with Crippen LogP contribution >= 0.6 is 11.3 Å². The predicted octanol–water partition coefficient (Wildman–Crippen LogP) is 2.77. The lowest BCUT2D eigenvalue weighted by Crippen LogP contribution is -2.43. The van der Waals surface area contributed by atoms with Crippen molar-refractivity contribution < 1.29 is 4.79 Å². The lowest BCUT2D eigenvalue weighted by Gasteiger charge is -2.44. The largest absolute Gasteiger partial charge is 0.363 e. The SMILES string of the molecule is CNc1nnc(C(=O)N2CCC3(CCCCC3)CC2)s1. The monoisotopic (exact) mass is 294 g/mol. The number of nitrogens with one attached hydrogen (secondary N) is 1. The fourth-order valence-electron chi connectivity index (χ4n) is 3.53. The average molecular weight is 294 g/mol. The van der Waals surface area contributed by atoms with Gasteiger partial charge in [0.25, 0.3) is 5.91 Å². The van der Waals surface area contributed by atoms with Gasteiger partial charge in [0.15, 0.2) is 0 Å². The zero-order chi connectivity index (χ0) is 14.0. The molecule has 0 radical (unpaired) electrons. The molecule has 2 aliphatic rings. The summed E-state index contributed by atoms with van der Waals surface area (Å²) in [6, 6.07) is 0. The van der Waals surface area contributed by atoms with Crippen molar-refractivity contribution in [2.75, 3.05) is 25.5 Å². The van der Waals surface area contributed by atoms with Gasteiger partial charge in [0, 0.05) is 20.1 Å². The van der Waals surface area contributed by atoms with Gasteiger partial charge < -0.3 is 10.2 Å². The number of hydrogen-bond acceptors (Lipinski definition) is 5. The number of hydrogen-bond donors (Lipinski definition) is 1. The molecule has 1 N–H and O–H groups in total. The minimum atomic E-state index is 0.0506. The molecule has 0 bridgehead atoms. The number of rotatable bonds is 2. The topological polar surface area (TPSA) is 58.1 Å². The molecule has 1 aromatic heterocycles. The van der Waals surface area contributed by atoms with E-state index in [1.54, 1.807) is 7.05 Å². The Morgan fingerprint density at radius 2 is 1.85 bits per heavy atom. The second-order valence-electron chi connectivity index (χ2n) is 6.02. The van der Waals surface area contributed by atoms with Crippen LogP contribution in [0.4, 0.5) is 5.13 Å². The summed E-state index contributed by atoms with van der Waals surface area (Å²) < 4.78 is 0. The fraction of sp³-hybridized carbons (Fsp3) is 0.786. The second kappa shape index (κ2) is 5.68. The standard InChI is InChI=1S/C14H22N4OS/c1-15-13-17-16-11(20-13)12(19)18-9-7-14(8-10-18)5-3-2-4-6-14/h2-10H2,1H3,(H,15,17). The fourth-order valence-corrected chi connectivity index (χ4v) is 4.20. The van der Waals surface area contributed by atoms with Gasteiger partial charge in [-0.1, -0.05) is 30.6 Å². The third-order valence-corrected chi connectivity index (χ3v) is 5.78. The zero-order valence-electron chi connectivity index (χ0n) is 12.0. The number of carbonyl (C=O) groups excluding carboxylic acids is 1. The van der Waals surface area contributed by atoms with Crippen LogP contribution in [0.25, 0.3) is 0 Å². The van der Waals surface area contributed by atoms with Crippen LogP contribution in [-0.2, 0) is 0 Å². The van der Waals surface area contributed by atoms with E-state index in [4.69, 9.17) is 0 Å². The van der Waals surface area contributed by atoms with Crippen molar-refractivity contribution in [3.05, 3.63) is 5.01 Å². The molecule has 2 heterocycles. The maximum atomic E-state index is 12.4. The van der Waals surface area contributed by atoms with Crippen molar-refractivity contribution in [3.8, 4) is 0 Å². The Labute approximate surface area is 123 Å². The summed E-state index contributed by atoms with van der Waals surface area (Å²) in [7, 11) is 1.79. The van der Waals surface area contributed by atoms with E-state index in [-0.39, 0.29) is 5.91 Å². The maximum absolute atomic E-state index is 12.4. The molecule has 0 unspecified atom stereocenters. The summed E-state index contributed by atoms with van der Waals surface area (Å²) in [5.74, 6) is 0.0506. The van der Waals surface area contributed by atoms with Gasteiger partial charge in [-0.15, -0.1) is 10.2 Å². The van der Waals surface area contributed by atoms with Crippen LogP contribution in [0.15, 0.2) is 0 Å². The van der Waals surface area contributed by atoms with Crippen LogP contribution in [-0.4, -0.2) is 41.1 Å². The van der Waals surface area contributed by atoms with Gasteiger partial charge >= 0.3 is 0 Å². The number of aromatic nitrogens is 2. The maximum Gasteiger partial charge on any atom is 0.284 e. The minimum absolute atomic E-state index is 0.0506. The summed E-state index contributed by atoms with van der Waals surface area (Å²) in [5, 5.41) is 12.1. The first-order valence-electron chi connectivity index (χ1n) is 7.53. The van der Waals surface area contributed by atoms with E-state index in [0.29, 0.717) is 15.6 Å². The molecular weight excluding hydrogens is 272 g/mol. The zero-order valence-corrected chi connectivity index (χ0v) is 12.8. The number of nitrogens with zero attached hydrogens (tertiary/aromatic N) is 3. The Morgan fingerprint density at radius 3 is 2.45 bits per heavy atom. The first-order chi connectivity index (χ1) is 9.72. The quantitative estimate of drug-likeness (QED) is 0.911. The van der Waals surface area contributed by atoms with Crippen molar-refractivity contribution in [2.45, 2.75) is 44.9 Å². The normalized spacial score (nSPS) is 21.9. The van der Waals surface area contributed by atoms with Gasteiger partial charge in [-0.05, 0) is 31.1 Å². The van der Waals surface area contributed by atoms with Crippen LogP contribution in [0.5, 0.6) is 0 Å². The summed E-state index contributed by atoms with van der Waals surface area (Å²) >= 11 is 1.34. The van der Waals surface area contributed by atoms with Gasteiger partial charge in [0.2, 0.25) is 10.1 Å². The summed E-state index contributed by atoms with van der Waals surface area (Å²) in [4.78, 5) is 14.4. The molecule has 20 heavy (non-hydrogen) atoms. The highest BCUT2D eigenvalue weighted by Crippen LogP contribution is 2.44. The molecule has 1 saturated heterocycles. The van der Waals surface area contributed by atoms with Gasteiger partial charge in [0.1, 0.15) is 0 Å². The van der Waals surface area contributed by atoms with Gasteiger partial charge in [-0.25, -0.2) is 0 Å². The van der Waals surface area contributed by atoms with E-state index < -0.39 is 0 Å². The predicted molar refractivity (Wildman–Crippen MR) is 80.1 cm³/mol. The number of likely N-dealkylation sites (tertiary alicyclic amines) is 1. The summed E-state index contributed by atoms with van der Waals surface area (Å²) in [6.45, 7) is 1.76. The highest BCUT2D eigenvalue weighted by atomic mass is 32.1. The van der Waals surface area contributed by atoms with E-state index in [0.717, 1.165) is 25.9 Å². The number of carbonyl (C=O) groups is 1. The van der Waals surface area contributed by atoms with E-state index in [1.165, 1.54) is 43.4 Å². The Morgan fingerprint density at radius 1 is 1.15 bits per heavy atom. The van der Waals surface area contributed by atoms with E-state index in [2.05, 4.69) is 15.5 Å². The molecule has 2 fully saturated rings. The van der Waals surface area contributed by atoms with Crippen molar-refractivity contribution >= 4 is 22.4 Å². The van der Waals surface area contributed by atoms with Crippen LogP contribution in [0.2, 0.25) is 0 Å². The molecule has 110 valence electrons. The molecule has 1 aliphatic carbocycles. The molecule has 1 spiro atoms. The smallest absolute Gasteiger partial charge is 0.284 e. The lowest BCUT2D eigenvalue weighted by molar-refractivity contribution is 0.0471. The molecule has 0 aromatic carbocycles. The van der Waals surface area contributed by atoms with Crippen molar-refractivity contribution in [3.63, 3.8) is 0 Å². The Balaban J connectivity index is 1.61. The third-order valence-electron chi connectivity index (χ3n) is 4.85. The lowest BCUT2D eigenvalue weighted by atomic mass is 9.68. The van der Waals surface area contributed by atoms with Crippen molar-refractivity contribution in [1.82, 2.24) is 15.1 Å². The second-order valence-corrected chi connectivity index (χ2v) is 6.99. The Bertz CT molecular complexity index is 471. The minimum Gasteiger partial charge on any atom is -0.363 e. The van der Waals surface area contributed by atoms with Crippen LogP contribution in [0, 0.1) is 5.41 Å². The first-order valence-corrected chi connectivity index (χ1v) is 8.35. The van der Waals surface area contributed by atoms with E-state index in [1.807, 2.05) is 4.90 Å². The number of anilines is 1. The average Bonchev–Trinajstić information content (AvgIpc) is 2.97. The Kier molecular flexibility index (Phi) is 3.92. The van der Waals surface area contributed by atoms with Crippen LogP contribution in [0.3, 0.4) is 0 Å². The van der Waals surface area contributed by atoms with Crippen LogP contribution < -0.4 is 5.32 Å². The molecule has 5 nitrogen and oxygen atoms in total. The molecule has 1 aromatic rings. The molecule has 6 heteroatoms. The first kappa shape index (κ1) is 13.8. The molecule has 1 amide bonds. The summed E-state index contributed by atoms with van der Waals surface area (Å²) in [6.07, 6.45) is 9.18. The molecule has 1 saturated carbocycles. The van der Waals surface area contributed by atoms with Gasteiger partial charge in [-0.3, -0.25) is 4.79 Å². The highest BCUT2D eigenvalue weighted by molar-refractivity contribution is 7.17. The van der Waals surface area contributed by atoms with Crippen molar-refractivity contribution in [1.29, 1.82) is 0 Å². The van der Waals surface area contributed by atoms with Gasteiger partial charge in [0.05, 0.1) is 0 Å². The highest BCUT2D eigenvalue weighted by Gasteiger charge is 2.37. The van der Waals surface area contributed by atoms with Gasteiger partial charge in [-0.2, -0.15) is 0 Å². The molecule has 3 rings (SSSR count). The van der Waals surface area contributed by atoms with Crippen molar-refractivity contribution in [2.24, 2.45) is 5.41 Å².